The first-order valence-electron chi connectivity index (χ1n) is 5.21. The molecule has 0 saturated heterocycles. The molecule has 0 radical (unpaired) electrons. The van der Waals surface area contributed by atoms with Gasteiger partial charge in [-0.15, -0.1) is 0 Å². The minimum Gasteiger partial charge on any atom is -0.372 e. The molecule has 1 N–H and O–H groups in total. The molecule has 2 rings (SSSR count). The van der Waals surface area contributed by atoms with E-state index in [-0.39, 0.29) is 5.56 Å². The van der Waals surface area contributed by atoms with Crippen molar-refractivity contribution in [1.82, 2.24) is 19.5 Å². The average molecular weight is 231 g/mol. The van der Waals surface area contributed by atoms with Crippen LogP contribution in [-0.2, 0) is 6.54 Å². The van der Waals surface area contributed by atoms with E-state index >= 15 is 0 Å². The van der Waals surface area contributed by atoms with E-state index in [1.807, 2.05) is 0 Å². The highest BCUT2D eigenvalue weighted by Crippen LogP contribution is 2.00. The predicted molar refractivity (Wildman–Crippen MR) is 63.9 cm³/mol. The predicted octanol–water partition coefficient (Wildman–Crippen LogP) is 0.432. The van der Waals surface area contributed by atoms with Crippen LogP contribution in [0.25, 0.3) is 0 Å². The largest absolute Gasteiger partial charge is 0.372 e. The number of anilines is 1. The second-order valence-corrected chi connectivity index (χ2v) is 3.64. The number of hydrogen-bond donors (Lipinski definition) is 1. The van der Waals surface area contributed by atoms with Gasteiger partial charge in [-0.1, -0.05) is 0 Å². The van der Waals surface area contributed by atoms with Gasteiger partial charge in [0.1, 0.15) is 5.82 Å². The molecule has 0 aromatic carbocycles. The van der Waals surface area contributed by atoms with Crippen molar-refractivity contribution in [2.24, 2.45) is 0 Å². The van der Waals surface area contributed by atoms with Crippen LogP contribution in [-0.4, -0.2) is 26.6 Å². The van der Waals surface area contributed by atoms with E-state index in [0.29, 0.717) is 18.1 Å². The molecule has 0 bridgehead atoms. The third-order valence-corrected chi connectivity index (χ3v) is 2.31. The first kappa shape index (κ1) is 11.3. The number of aromatic nitrogens is 4. The Balaban J connectivity index is 2.22. The van der Waals surface area contributed by atoms with Crippen LogP contribution in [0.15, 0.2) is 29.6 Å². The van der Waals surface area contributed by atoms with Crippen molar-refractivity contribution in [2.75, 3.05) is 12.4 Å². The molecular formula is C11H13N5O. The summed E-state index contributed by atoms with van der Waals surface area (Å²) in [7, 11) is 1.78. The molecule has 0 amide bonds. The van der Waals surface area contributed by atoms with Gasteiger partial charge in [-0.05, 0) is 6.92 Å². The molecule has 17 heavy (non-hydrogen) atoms. The van der Waals surface area contributed by atoms with Crippen LogP contribution in [0.2, 0.25) is 0 Å². The van der Waals surface area contributed by atoms with E-state index in [1.165, 1.54) is 17.0 Å². The highest BCUT2D eigenvalue weighted by Gasteiger charge is 2.01. The lowest BCUT2D eigenvalue weighted by Gasteiger charge is -2.05. The van der Waals surface area contributed by atoms with Gasteiger partial charge in [0, 0.05) is 18.8 Å². The summed E-state index contributed by atoms with van der Waals surface area (Å²) in [6, 6.07) is 1.50. The standard InChI is InChI=1S/C11H13N5O/c1-8-3-11(17)16(7-15-8)6-9-4-14-10(12-2)5-13-9/h3-5,7H,6H2,1-2H3,(H,12,14). The van der Waals surface area contributed by atoms with Crippen molar-refractivity contribution in [3.05, 3.63) is 46.5 Å². The zero-order valence-corrected chi connectivity index (χ0v) is 9.71. The number of aryl methyl sites for hydroxylation is 1. The minimum atomic E-state index is -0.0861. The topological polar surface area (TPSA) is 72.7 Å². The molecule has 0 aliphatic carbocycles. The van der Waals surface area contributed by atoms with Crippen molar-refractivity contribution in [3.63, 3.8) is 0 Å². The van der Waals surface area contributed by atoms with Gasteiger partial charge in [0.25, 0.3) is 5.56 Å². The average Bonchev–Trinajstić information content (AvgIpc) is 2.34. The summed E-state index contributed by atoms with van der Waals surface area (Å²) in [5.41, 5.74) is 1.34. The smallest absolute Gasteiger partial charge is 0.253 e. The van der Waals surface area contributed by atoms with Gasteiger partial charge < -0.3 is 5.32 Å². The molecule has 6 nitrogen and oxygen atoms in total. The SMILES string of the molecule is CNc1cnc(Cn2cnc(C)cc2=O)cn1. The summed E-state index contributed by atoms with van der Waals surface area (Å²) in [6.07, 6.45) is 4.78. The molecule has 0 fully saturated rings. The van der Waals surface area contributed by atoms with Crippen LogP contribution in [0.4, 0.5) is 5.82 Å². The third kappa shape index (κ3) is 2.66. The lowest BCUT2D eigenvalue weighted by Crippen LogP contribution is -2.21. The van der Waals surface area contributed by atoms with Crippen molar-refractivity contribution >= 4 is 5.82 Å². The lowest BCUT2D eigenvalue weighted by molar-refractivity contribution is 0.710. The van der Waals surface area contributed by atoms with E-state index < -0.39 is 0 Å². The molecule has 6 heteroatoms. The Morgan fingerprint density at radius 2 is 2.12 bits per heavy atom. The van der Waals surface area contributed by atoms with Crippen LogP contribution in [0.5, 0.6) is 0 Å². The molecule has 0 aliphatic rings. The zero-order valence-electron chi connectivity index (χ0n) is 9.71. The van der Waals surface area contributed by atoms with Crippen molar-refractivity contribution in [3.8, 4) is 0 Å². The van der Waals surface area contributed by atoms with Crippen LogP contribution in [0.3, 0.4) is 0 Å². The number of rotatable bonds is 3. The molecule has 0 spiro atoms. The molecule has 2 heterocycles. The van der Waals surface area contributed by atoms with Gasteiger partial charge in [0.15, 0.2) is 0 Å². The van der Waals surface area contributed by atoms with E-state index in [0.717, 1.165) is 5.69 Å². The minimum absolute atomic E-state index is 0.0861. The molecule has 0 unspecified atom stereocenters. The van der Waals surface area contributed by atoms with Gasteiger partial charge in [-0.2, -0.15) is 0 Å². The first-order chi connectivity index (χ1) is 8.19. The molecule has 88 valence electrons. The maximum absolute atomic E-state index is 11.6. The molecular weight excluding hydrogens is 218 g/mol. The van der Waals surface area contributed by atoms with Gasteiger partial charge in [0.05, 0.1) is 31.0 Å². The Labute approximate surface area is 98.4 Å². The van der Waals surface area contributed by atoms with Crippen molar-refractivity contribution < 1.29 is 0 Å². The van der Waals surface area contributed by atoms with E-state index in [4.69, 9.17) is 0 Å². The third-order valence-electron chi connectivity index (χ3n) is 2.31. The normalized spacial score (nSPS) is 10.2. The monoisotopic (exact) mass is 231 g/mol. The van der Waals surface area contributed by atoms with Gasteiger partial charge in [-0.25, -0.2) is 9.97 Å². The summed E-state index contributed by atoms with van der Waals surface area (Å²) < 4.78 is 1.50. The Bertz CT molecular complexity index is 561. The molecule has 0 aliphatic heterocycles. The van der Waals surface area contributed by atoms with E-state index in [9.17, 15) is 4.79 Å². The Kier molecular flexibility index (Phi) is 3.13. The lowest BCUT2D eigenvalue weighted by atomic mass is 10.4. The van der Waals surface area contributed by atoms with Gasteiger partial charge in [-0.3, -0.25) is 14.3 Å². The van der Waals surface area contributed by atoms with Crippen LogP contribution in [0.1, 0.15) is 11.4 Å². The quantitative estimate of drug-likeness (QED) is 0.829. The van der Waals surface area contributed by atoms with Crippen LogP contribution in [0, 0.1) is 6.92 Å². The Morgan fingerprint density at radius 3 is 2.71 bits per heavy atom. The Morgan fingerprint density at radius 1 is 1.29 bits per heavy atom. The number of hydrogen-bond acceptors (Lipinski definition) is 5. The first-order valence-corrected chi connectivity index (χ1v) is 5.21. The Hall–Kier alpha value is -2.24. The molecule has 2 aromatic heterocycles. The van der Waals surface area contributed by atoms with Crippen molar-refractivity contribution in [1.29, 1.82) is 0 Å². The summed E-state index contributed by atoms with van der Waals surface area (Å²) >= 11 is 0. The van der Waals surface area contributed by atoms with Crippen molar-refractivity contribution in [2.45, 2.75) is 13.5 Å². The molecule has 0 atom stereocenters. The number of nitrogens with zero attached hydrogens (tertiary/aromatic N) is 4. The zero-order chi connectivity index (χ0) is 12.3. The number of nitrogens with one attached hydrogen (secondary N) is 1. The fourth-order valence-corrected chi connectivity index (χ4v) is 1.38. The maximum atomic E-state index is 11.6. The molecule has 0 saturated carbocycles. The van der Waals surface area contributed by atoms with E-state index in [1.54, 1.807) is 26.4 Å². The summed E-state index contributed by atoms with van der Waals surface area (Å²) in [5, 5.41) is 2.88. The fourth-order valence-electron chi connectivity index (χ4n) is 1.38. The molecule has 2 aromatic rings. The summed E-state index contributed by atoms with van der Waals surface area (Å²) in [5.74, 6) is 0.697. The fraction of sp³-hybridized carbons (Fsp3) is 0.273. The van der Waals surface area contributed by atoms with Gasteiger partial charge in [0.2, 0.25) is 0 Å². The maximum Gasteiger partial charge on any atom is 0.253 e. The van der Waals surface area contributed by atoms with Crippen LogP contribution < -0.4 is 10.9 Å². The highest BCUT2D eigenvalue weighted by molar-refractivity contribution is 5.29. The van der Waals surface area contributed by atoms with Gasteiger partial charge >= 0.3 is 0 Å². The van der Waals surface area contributed by atoms with Crippen LogP contribution >= 0.6 is 0 Å². The summed E-state index contributed by atoms with van der Waals surface area (Å²) in [4.78, 5) is 24.0. The van der Waals surface area contributed by atoms with E-state index in [2.05, 4.69) is 20.3 Å². The second-order valence-electron chi connectivity index (χ2n) is 3.64. The second kappa shape index (κ2) is 4.73. The highest BCUT2D eigenvalue weighted by atomic mass is 16.1. The summed E-state index contributed by atoms with van der Waals surface area (Å²) in [6.45, 7) is 2.16.